The highest BCUT2D eigenvalue weighted by Crippen LogP contribution is 2.27. The zero-order valence-corrected chi connectivity index (χ0v) is 15.0. The van der Waals surface area contributed by atoms with E-state index in [1.54, 1.807) is 19.1 Å². The molecule has 1 aromatic rings. The smallest absolute Gasteiger partial charge is 0.261 e. The summed E-state index contributed by atoms with van der Waals surface area (Å²) in [6, 6.07) is 7.19. The number of carbonyl (C=O) groups is 1. The Balaban J connectivity index is 0.00000264. The van der Waals surface area contributed by atoms with Crippen LogP contribution in [0.2, 0.25) is 5.02 Å². The number of rotatable bonds is 6. The van der Waals surface area contributed by atoms with E-state index in [0.29, 0.717) is 23.2 Å². The first kappa shape index (κ1) is 20.1. The molecule has 1 saturated carbocycles. The van der Waals surface area contributed by atoms with Gasteiger partial charge in [-0.1, -0.05) is 43.0 Å². The normalized spacial score (nSPS) is 17.7. The van der Waals surface area contributed by atoms with Crippen LogP contribution in [-0.4, -0.2) is 24.6 Å². The van der Waals surface area contributed by atoms with Crippen molar-refractivity contribution < 1.29 is 9.53 Å². The fourth-order valence-corrected chi connectivity index (χ4v) is 3.17. The maximum Gasteiger partial charge on any atom is 0.261 e. The Morgan fingerprint density at radius 3 is 2.61 bits per heavy atom. The molecule has 1 fully saturated rings. The average molecular weight is 361 g/mol. The van der Waals surface area contributed by atoms with Crippen molar-refractivity contribution in [3.63, 3.8) is 0 Å². The highest BCUT2D eigenvalue weighted by molar-refractivity contribution is 6.32. The largest absolute Gasteiger partial charge is 0.479 e. The molecule has 1 aromatic carbocycles. The Kier molecular flexibility index (Phi) is 8.74. The van der Waals surface area contributed by atoms with Crippen molar-refractivity contribution >= 4 is 29.9 Å². The first-order valence-electron chi connectivity index (χ1n) is 8.03. The van der Waals surface area contributed by atoms with Gasteiger partial charge in [-0.25, -0.2) is 0 Å². The summed E-state index contributed by atoms with van der Waals surface area (Å²) >= 11 is 6.05. The Hall–Kier alpha value is -0.970. The molecule has 0 radical (unpaired) electrons. The zero-order chi connectivity index (χ0) is 15.9. The summed E-state index contributed by atoms with van der Waals surface area (Å²) in [5.74, 6) is 0.866. The van der Waals surface area contributed by atoms with Gasteiger partial charge in [0, 0.05) is 12.6 Å². The topological polar surface area (TPSA) is 64.3 Å². The number of hydrogen-bond donors (Lipinski definition) is 2. The highest BCUT2D eigenvalue weighted by atomic mass is 35.5. The minimum Gasteiger partial charge on any atom is -0.479 e. The molecule has 3 N–H and O–H groups in total. The SMILES string of the molecule is CC(Oc1ccccc1Cl)C(=O)NC(CN)C1CCCCC1.Cl. The Labute approximate surface area is 149 Å². The first-order valence-corrected chi connectivity index (χ1v) is 8.41. The van der Waals surface area contributed by atoms with Crippen molar-refractivity contribution in [2.45, 2.75) is 51.2 Å². The van der Waals surface area contributed by atoms with Crippen LogP contribution in [0.25, 0.3) is 0 Å². The van der Waals surface area contributed by atoms with Gasteiger partial charge in [-0.15, -0.1) is 12.4 Å². The van der Waals surface area contributed by atoms with Crippen LogP contribution >= 0.6 is 24.0 Å². The maximum absolute atomic E-state index is 12.3. The lowest BCUT2D eigenvalue weighted by atomic mass is 9.84. The van der Waals surface area contributed by atoms with Crippen molar-refractivity contribution in [1.82, 2.24) is 5.32 Å². The minimum atomic E-state index is -0.599. The summed E-state index contributed by atoms with van der Waals surface area (Å²) in [4.78, 5) is 12.3. The molecule has 0 heterocycles. The second kappa shape index (κ2) is 10.0. The predicted molar refractivity (Wildman–Crippen MR) is 96.4 cm³/mol. The van der Waals surface area contributed by atoms with E-state index >= 15 is 0 Å². The summed E-state index contributed by atoms with van der Waals surface area (Å²) in [6.07, 6.45) is 5.42. The van der Waals surface area contributed by atoms with Gasteiger partial charge in [0.25, 0.3) is 5.91 Å². The first-order chi connectivity index (χ1) is 10.6. The average Bonchev–Trinajstić information content (AvgIpc) is 2.55. The zero-order valence-electron chi connectivity index (χ0n) is 13.5. The summed E-state index contributed by atoms with van der Waals surface area (Å²) < 4.78 is 5.65. The van der Waals surface area contributed by atoms with Crippen LogP contribution < -0.4 is 15.8 Å². The Bertz CT molecular complexity index is 493. The number of carbonyl (C=O) groups excluding carboxylic acids is 1. The van der Waals surface area contributed by atoms with E-state index in [4.69, 9.17) is 22.1 Å². The maximum atomic E-state index is 12.3. The van der Waals surface area contributed by atoms with Crippen LogP contribution in [0.3, 0.4) is 0 Å². The fourth-order valence-electron chi connectivity index (χ4n) is 2.99. The number of nitrogens with one attached hydrogen (secondary N) is 1. The van der Waals surface area contributed by atoms with Crippen molar-refractivity contribution in [2.24, 2.45) is 11.7 Å². The van der Waals surface area contributed by atoms with Crippen molar-refractivity contribution in [3.8, 4) is 5.75 Å². The molecule has 2 rings (SSSR count). The molecule has 0 aromatic heterocycles. The lowest BCUT2D eigenvalue weighted by Gasteiger charge is -2.30. The lowest BCUT2D eigenvalue weighted by Crippen LogP contribution is -2.49. The third-order valence-electron chi connectivity index (χ3n) is 4.31. The third kappa shape index (κ3) is 5.87. The predicted octanol–water partition coefficient (Wildman–Crippen LogP) is 3.55. The van der Waals surface area contributed by atoms with Crippen LogP contribution in [0.1, 0.15) is 39.0 Å². The van der Waals surface area contributed by atoms with E-state index in [1.807, 2.05) is 12.1 Å². The van der Waals surface area contributed by atoms with Gasteiger partial charge in [0.15, 0.2) is 6.10 Å². The van der Waals surface area contributed by atoms with E-state index in [1.165, 1.54) is 19.3 Å². The summed E-state index contributed by atoms with van der Waals surface area (Å²) in [5, 5.41) is 3.55. The molecular formula is C17H26Cl2N2O2. The molecule has 4 nitrogen and oxygen atoms in total. The van der Waals surface area contributed by atoms with Gasteiger partial charge in [0.05, 0.1) is 5.02 Å². The van der Waals surface area contributed by atoms with Gasteiger partial charge >= 0.3 is 0 Å². The van der Waals surface area contributed by atoms with E-state index in [-0.39, 0.29) is 24.4 Å². The molecule has 6 heteroatoms. The van der Waals surface area contributed by atoms with Crippen LogP contribution in [0.4, 0.5) is 0 Å². The fraction of sp³-hybridized carbons (Fsp3) is 0.588. The molecule has 0 spiro atoms. The second-order valence-electron chi connectivity index (χ2n) is 5.94. The van der Waals surface area contributed by atoms with Crippen molar-refractivity contribution in [2.75, 3.05) is 6.54 Å². The lowest BCUT2D eigenvalue weighted by molar-refractivity contribution is -0.128. The van der Waals surface area contributed by atoms with Crippen LogP contribution in [0.5, 0.6) is 5.75 Å². The molecular weight excluding hydrogens is 335 g/mol. The third-order valence-corrected chi connectivity index (χ3v) is 4.62. The molecule has 0 aliphatic heterocycles. The standard InChI is InChI=1S/C17H25ClN2O2.ClH/c1-12(22-16-10-6-5-9-14(16)18)17(21)20-15(11-19)13-7-3-2-4-8-13;/h5-6,9-10,12-13,15H,2-4,7-8,11,19H2,1H3,(H,20,21);1H. The van der Waals surface area contributed by atoms with Crippen LogP contribution in [0.15, 0.2) is 24.3 Å². The Morgan fingerprint density at radius 1 is 1.35 bits per heavy atom. The monoisotopic (exact) mass is 360 g/mol. The quantitative estimate of drug-likeness (QED) is 0.814. The van der Waals surface area contributed by atoms with E-state index < -0.39 is 6.10 Å². The summed E-state index contributed by atoms with van der Waals surface area (Å²) in [5.41, 5.74) is 5.85. The molecule has 1 aliphatic rings. The highest BCUT2D eigenvalue weighted by Gasteiger charge is 2.26. The molecule has 130 valence electrons. The van der Waals surface area contributed by atoms with Crippen molar-refractivity contribution in [1.29, 1.82) is 0 Å². The number of benzene rings is 1. The molecule has 2 atom stereocenters. The van der Waals surface area contributed by atoms with E-state index in [9.17, 15) is 4.79 Å². The van der Waals surface area contributed by atoms with Gasteiger partial charge in [-0.2, -0.15) is 0 Å². The number of hydrogen-bond acceptors (Lipinski definition) is 3. The van der Waals surface area contributed by atoms with Gasteiger partial charge in [-0.3, -0.25) is 4.79 Å². The Morgan fingerprint density at radius 2 is 2.00 bits per heavy atom. The molecule has 0 bridgehead atoms. The van der Waals surface area contributed by atoms with Gasteiger partial charge in [0.2, 0.25) is 0 Å². The molecule has 0 saturated heterocycles. The van der Waals surface area contributed by atoms with E-state index in [0.717, 1.165) is 12.8 Å². The molecule has 1 aliphatic carbocycles. The van der Waals surface area contributed by atoms with Crippen molar-refractivity contribution in [3.05, 3.63) is 29.3 Å². The number of para-hydroxylation sites is 1. The van der Waals surface area contributed by atoms with Crippen LogP contribution in [0, 0.1) is 5.92 Å². The van der Waals surface area contributed by atoms with E-state index in [2.05, 4.69) is 5.32 Å². The minimum absolute atomic E-state index is 0. The van der Waals surface area contributed by atoms with Crippen LogP contribution in [-0.2, 0) is 4.79 Å². The number of amides is 1. The molecule has 23 heavy (non-hydrogen) atoms. The van der Waals surface area contributed by atoms with Gasteiger partial charge in [0.1, 0.15) is 5.75 Å². The summed E-state index contributed by atoms with van der Waals surface area (Å²) in [7, 11) is 0. The van der Waals surface area contributed by atoms with Gasteiger partial charge < -0.3 is 15.8 Å². The number of nitrogens with two attached hydrogens (primary N) is 1. The number of ether oxygens (including phenoxy) is 1. The number of halogens is 2. The second-order valence-corrected chi connectivity index (χ2v) is 6.35. The molecule has 2 unspecified atom stereocenters. The summed E-state index contributed by atoms with van der Waals surface area (Å²) in [6.45, 7) is 2.20. The van der Waals surface area contributed by atoms with Gasteiger partial charge in [-0.05, 0) is 37.8 Å². The molecule has 1 amide bonds.